The van der Waals surface area contributed by atoms with Crippen molar-refractivity contribution in [2.45, 2.75) is 31.6 Å². The number of rotatable bonds is 4. The molecule has 126 valence electrons. The van der Waals surface area contributed by atoms with Crippen LogP contribution in [0.15, 0.2) is 42.0 Å². The minimum Gasteiger partial charge on any atom is -0.364 e. The molecule has 0 aromatic carbocycles. The molecule has 4 heterocycles. The van der Waals surface area contributed by atoms with E-state index < -0.39 is 0 Å². The molecule has 6 heteroatoms. The summed E-state index contributed by atoms with van der Waals surface area (Å²) in [6, 6.07) is 7.93. The van der Waals surface area contributed by atoms with Gasteiger partial charge in [-0.1, -0.05) is 6.07 Å². The highest BCUT2D eigenvalue weighted by Crippen LogP contribution is 2.34. The molecule has 2 aliphatic heterocycles. The summed E-state index contributed by atoms with van der Waals surface area (Å²) in [5.41, 5.74) is 0.722. The van der Waals surface area contributed by atoms with E-state index in [9.17, 15) is 4.79 Å². The number of nitrogens with zero attached hydrogens (tertiary/aromatic N) is 2. The van der Waals surface area contributed by atoms with Crippen LogP contribution in [0.5, 0.6) is 0 Å². The highest BCUT2D eigenvalue weighted by atomic mass is 32.1. The van der Waals surface area contributed by atoms with E-state index in [0.29, 0.717) is 5.92 Å². The number of carbonyl (C=O) groups excluding carboxylic acids is 1. The second-order valence-electron chi connectivity index (χ2n) is 6.49. The Balaban J connectivity index is 1.33. The molecular weight excluding hydrogens is 322 g/mol. The van der Waals surface area contributed by atoms with Gasteiger partial charge in [0.2, 0.25) is 0 Å². The Morgan fingerprint density at radius 3 is 3.17 bits per heavy atom. The van der Waals surface area contributed by atoms with E-state index in [-0.39, 0.29) is 18.1 Å². The molecule has 4 rings (SSSR count). The summed E-state index contributed by atoms with van der Waals surface area (Å²) in [7, 11) is 0. The van der Waals surface area contributed by atoms with Crippen molar-refractivity contribution >= 4 is 22.9 Å². The molecule has 0 bridgehead atoms. The maximum absolute atomic E-state index is 12.4. The van der Waals surface area contributed by atoms with E-state index in [2.05, 4.69) is 32.7 Å². The van der Waals surface area contributed by atoms with Crippen LogP contribution in [0.2, 0.25) is 0 Å². The minimum atomic E-state index is -0.345. The lowest BCUT2D eigenvalue weighted by Gasteiger charge is -2.33. The average Bonchev–Trinajstić information content (AvgIpc) is 3.25. The van der Waals surface area contributed by atoms with Gasteiger partial charge in [-0.15, -0.1) is 11.3 Å². The van der Waals surface area contributed by atoms with E-state index in [1.165, 1.54) is 4.88 Å². The lowest BCUT2D eigenvalue weighted by atomic mass is 9.91. The van der Waals surface area contributed by atoms with Gasteiger partial charge < -0.3 is 10.1 Å². The van der Waals surface area contributed by atoms with Crippen LogP contribution in [-0.2, 0) is 16.1 Å². The third-order valence-electron chi connectivity index (χ3n) is 4.82. The molecule has 2 saturated heterocycles. The topological polar surface area (TPSA) is 54.5 Å². The molecule has 2 aromatic rings. The van der Waals surface area contributed by atoms with Crippen LogP contribution in [0.1, 0.15) is 17.7 Å². The molecule has 0 radical (unpaired) electrons. The van der Waals surface area contributed by atoms with Crippen molar-refractivity contribution in [1.82, 2.24) is 9.88 Å². The Labute approximate surface area is 145 Å². The van der Waals surface area contributed by atoms with Gasteiger partial charge in [0, 0.05) is 24.2 Å². The van der Waals surface area contributed by atoms with Crippen LogP contribution in [-0.4, -0.2) is 41.1 Å². The molecule has 0 saturated carbocycles. The van der Waals surface area contributed by atoms with Crippen LogP contribution in [0.3, 0.4) is 0 Å². The van der Waals surface area contributed by atoms with Gasteiger partial charge in [-0.05, 0) is 48.9 Å². The SMILES string of the molecule is O=C(Nc1cccnc1)[C@H]1C[C@@H]2CCN(Cc3cccs3)C[C@@H]2O1. The van der Waals surface area contributed by atoms with Gasteiger partial charge in [0.05, 0.1) is 18.0 Å². The Kier molecular flexibility index (Phi) is 4.60. The number of nitrogens with one attached hydrogen (secondary N) is 1. The largest absolute Gasteiger partial charge is 0.364 e. The number of hydrogen-bond donors (Lipinski definition) is 1. The maximum atomic E-state index is 12.4. The molecule has 3 atom stereocenters. The first-order chi connectivity index (χ1) is 11.8. The fraction of sp³-hybridized carbons (Fsp3) is 0.444. The Hall–Kier alpha value is -1.76. The molecule has 0 unspecified atom stereocenters. The predicted octanol–water partition coefficient (Wildman–Crippen LogP) is 2.76. The molecule has 0 spiro atoms. The summed E-state index contributed by atoms with van der Waals surface area (Å²) in [5, 5.41) is 5.02. The van der Waals surface area contributed by atoms with E-state index >= 15 is 0 Å². The van der Waals surface area contributed by atoms with Gasteiger partial charge in [0.25, 0.3) is 5.91 Å². The number of thiophene rings is 1. The van der Waals surface area contributed by atoms with Crippen molar-refractivity contribution in [3.8, 4) is 0 Å². The minimum absolute atomic E-state index is 0.0535. The summed E-state index contributed by atoms with van der Waals surface area (Å²) >= 11 is 1.80. The number of fused-ring (bicyclic) bond motifs is 1. The third kappa shape index (κ3) is 3.50. The smallest absolute Gasteiger partial charge is 0.253 e. The lowest BCUT2D eigenvalue weighted by molar-refractivity contribution is -0.127. The van der Waals surface area contributed by atoms with E-state index in [1.807, 2.05) is 12.1 Å². The molecule has 24 heavy (non-hydrogen) atoms. The first-order valence-electron chi connectivity index (χ1n) is 8.39. The number of amides is 1. The van der Waals surface area contributed by atoms with Crippen LogP contribution < -0.4 is 5.32 Å². The van der Waals surface area contributed by atoms with Crippen molar-refractivity contribution in [3.05, 3.63) is 46.9 Å². The molecule has 2 fully saturated rings. The van der Waals surface area contributed by atoms with E-state index in [0.717, 1.165) is 38.2 Å². The van der Waals surface area contributed by atoms with Crippen molar-refractivity contribution in [2.75, 3.05) is 18.4 Å². The zero-order valence-corrected chi connectivity index (χ0v) is 14.2. The number of ether oxygens (including phenoxy) is 1. The van der Waals surface area contributed by atoms with Gasteiger partial charge in [-0.2, -0.15) is 0 Å². The van der Waals surface area contributed by atoms with Gasteiger partial charge in [0.1, 0.15) is 6.10 Å². The van der Waals surface area contributed by atoms with Crippen LogP contribution in [0, 0.1) is 5.92 Å². The second kappa shape index (κ2) is 7.01. The molecule has 1 N–H and O–H groups in total. The zero-order valence-electron chi connectivity index (χ0n) is 13.4. The van der Waals surface area contributed by atoms with Crippen molar-refractivity contribution in [1.29, 1.82) is 0 Å². The summed E-state index contributed by atoms with van der Waals surface area (Å²) in [6.45, 7) is 2.98. The standard InChI is InChI=1S/C18H21N3O2S/c22-18(20-14-3-1-6-19-10-14)16-9-13-5-7-21(12-17(13)23-16)11-15-4-2-8-24-15/h1-4,6,8,10,13,16-17H,5,7,9,11-12H2,(H,20,22)/t13-,16+,17-/m0/s1. The van der Waals surface area contributed by atoms with Crippen LogP contribution in [0.25, 0.3) is 0 Å². The molecule has 5 nitrogen and oxygen atoms in total. The average molecular weight is 343 g/mol. The molecule has 2 aromatic heterocycles. The van der Waals surface area contributed by atoms with Crippen molar-refractivity contribution in [2.24, 2.45) is 5.92 Å². The fourth-order valence-corrected chi connectivity index (χ4v) is 4.34. The Morgan fingerprint density at radius 1 is 1.42 bits per heavy atom. The number of likely N-dealkylation sites (tertiary alicyclic amines) is 1. The third-order valence-corrected chi connectivity index (χ3v) is 5.68. The molecule has 1 amide bonds. The quantitative estimate of drug-likeness (QED) is 0.927. The predicted molar refractivity (Wildman–Crippen MR) is 93.8 cm³/mol. The number of pyridine rings is 1. The van der Waals surface area contributed by atoms with E-state index in [4.69, 9.17) is 4.74 Å². The number of hydrogen-bond acceptors (Lipinski definition) is 5. The van der Waals surface area contributed by atoms with Gasteiger partial charge >= 0.3 is 0 Å². The first-order valence-corrected chi connectivity index (χ1v) is 9.27. The molecule has 0 aliphatic carbocycles. The van der Waals surface area contributed by atoms with Crippen LogP contribution in [0.4, 0.5) is 5.69 Å². The number of carbonyl (C=O) groups is 1. The zero-order chi connectivity index (χ0) is 16.4. The number of piperidine rings is 1. The van der Waals surface area contributed by atoms with Crippen molar-refractivity contribution in [3.63, 3.8) is 0 Å². The molecule has 2 aliphatic rings. The summed E-state index contributed by atoms with van der Waals surface area (Å²) in [6.07, 6.45) is 5.10. The highest BCUT2D eigenvalue weighted by Gasteiger charge is 2.41. The first kappa shape index (κ1) is 15.7. The van der Waals surface area contributed by atoms with Crippen LogP contribution >= 0.6 is 11.3 Å². The Morgan fingerprint density at radius 2 is 2.38 bits per heavy atom. The van der Waals surface area contributed by atoms with E-state index in [1.54, 1.807) is 23.7 Å². The van der Waals surface area contributed by atoms with Gasteiger partial charge in [0.15, 0.2) is 0 Å². The summed E-state index contributed by atoms with van der Waals surface area (Å²) in [5.74, 6) is 0.441. The monoisotopic (exact) mass is 343 g/mol. The normalized spacial score (nSPS) is 26.9. The summed E-state index contributed by atoms with van der Waals surface area (Å²) in [4.78, 5) is 20.3. The highest BCUT2D eigenvalue weighted by molar-refractivity contribution is 7.09. The fourth-order valence-electron chi connectivity index (χ4n) is 3.59. The van der Waals surface area contributed by atoms with Gasteiger partial charge in [-0.25, -0.2) is 0 Å². The maximum Gasteiger partial charge on any atom is 0.253 e. The van der Waals surface area contributed by atoms with Gasteiger partial charge in [-0.3, -0.25) is 14.7 Å². The lowest BCUT2D eigenvalue weighted by Crippen LogP contribution is -2.41. The molecular formula is C18H21N3O2S. The second-order valence-corrected chi connectivity index (χ2v) is 7.53. The number of anilines is 1. The number of aromatic nitrogens is 1. The van der Waals surface area contributed by atoms with Crippen molar-refractivity contribution < 1.29 is 9.53 Å². The Bertz CT molecular complexity index is 677. The summed E-state index contributed by atoms with van der Waals surface area (Å²) < 4.78 is 6.08.